The minimum atomic E-state index is -0.384. The Morgan fingerprint density at radius 3 is 2.67 bits per heavy atom. The average molecular weight is 208 g/mol. The summed E-state index contributed by atoms with van der Waals surface area (Å²) in [7, 11) is 1.35. The van der Waals surface area contributed by atoms with Crippen LogP contribution in [0.5, 0.6) is 0 Å². The van der Waals surface area contributed by atoms with Crippen molar-refractivity contribution in [2.75, 3.05) is 18.2 Å². The summed E-state index contributed by atoms with van der Waals surface area (Å²) in [5.74, 6) is -0.384. The third-order valence-electron chi connectivity index (χ3n) is 1.94. The van der Waals surface area contributed by atoms with E-state index in [1.54, 1.807) is 18.2 Å². The van der Waals surface area contributed by atoms with E-state index in [1.165, 1.54) is 7.11 Å². The molecule has 1 aromatic carbocycles. The normalized spacial score (nSPS) is 10.1. The summed E-state index contributed by atoms with van der Waals surface area (Å²) in [6.45, 7) is 3.96. The number of carbonyl (C=O) groups excluding carboxylic acids is 1. The standard InChI is InChI=1S/C11H16N2O2/c1-7(2)13-10-8(11(14)15-3)5-4-6-9(10)12/h4-7,13H,12H2,1-3H3. The van der Waals surface area contributed by atoms with E-state index in [2.05, 4.69) is 10.1 Å². The minimum absolute atomic E-state index is 0.207. The van der Waals surface area contributed by atoms with Crippen molar-refractivity contribution >= 4 is 17.3 Å². The van der Waals surface area contributed by atoms with Crippen molar-refractivity contribution < 1.29 is 9.53 Å². The highest BCUT2D eigenvalue weighted by atomic mass is 16.5. The van der Waals surface area contributed by atoms with Crippen LogP contribution in [0.4, 0.5) is 11.4 Å². The highest BCUT2D eigenvalue weighted by Gasteiger charge is 2.14. The third-order valence-corrected chi connectivity index (χ3v) is 1.94. The minimum Gasteiger partial charge on any atom is -0.465 e. The van der Waals surface area contributed by atoms with Crippen molar-refractivity contribution in [3.63, 3.8) is 0 Å². The van der Waals surface area contributed by atoms with Gasteiger partial charge in [-0.1, -0.05) is 6.07 Å². The molecule has 0 spiro atoms. The molecule has 0 unspecified atom stereocenters. The highest BCUT2D eigenvalue weighted by molar-refractivity contribution is 5.98. The number of para-hydroxylation sites is 1. The lowest BCUT2D eigenvalue weighted by Gasteiger charge is -2.15. The Morgan fingerprint density at radius 1 is 1.47 bits per heavy atom. The molecular weight excluding hydrogens is 192 g/mol. The summed E-state index contributed by atoms with van der Waals surface area (Å²) >= 11 is 0. The second-order valence-corrected chi connectivity index (χ2v) is 3.56. The predicted octanol–water partition coefficient (Wildman–Crippen LogP) is 1.88. The maximum atomic E-state index is 11.5. The lowest BCUT2D eigenvalue weighted by atomic mass is 10.1. The van der Waals surface area contributed by atoms with Crippen molar-refractivity contribution in [2.24, 2.45) is 0 Å². The zero-order valence-electron chi connectivity index (χ0n) is 9.20. The van der Waals surface area contributed by atoms with E-state index >= 15 is 0 Å². The molecule has 0 aliphatic heterocycles. The van der Waals surface area contributed by atoms with Crippen LogP contribution in [-0.4, -0.2) is 19.1 Å². The fourth-order valence-corrected chi connectivity index (χ4v) is 1.30. The SMILES string of the molecule is COC(=O)c1cccc(N)c1NC(C)C. The number of benzene rings is 1. The maximum absolute atomic E-state index is 11.5. The fourth-order valence-electron chi connectivity index (χ4n) is 1.30. The fraction of sp³-hybridized carbons (Fsp3) is 0.364. The molecule has 1 rings (SSSR count). The first-order chi connectivity index (χ1) is 7.06. The van der Waals surface area contributed by atoms with Gasteiger partial charge in [-0.05, 0) is 26.0 Å². The largest absolute Gasteiger partial charge is 0.465 e. The molecule has 0 aliphatic carbocycles. The first kappa shape index (κ1) is 11.4. The smallest absolute Gasteiger partial charge is 0.340 e. The summed E-state index contributed by atoms with van der Waals surface area (Å²) in [5.41, 5.74) is 7.44. The van der Waals surface area contributed by atoms with Crippen LogP contribution in [0.2, 0.25) is 0 Å². The van der Waals surface area contributed by atoms with E-state index in [0.29, 0.717) is 16.9 Å². The van der Waals surface area contributed by atoms with Gasteiger partial charge in [-0.25, -0.2) is 4.79 Å². The second-order valence-electron chi connectivity index (χ2n) is 3.56. The number of methoxy groups -OCH3 is 1. The van der Waals surface area contributed by atoms with Gasteiger partial charge in [-0.2, -0.15) is 0 Å². The molecule has 4 heteroatoms. The van der Waals surface area contributed by atoms with Crippen molar-refractivity contribution in [3.05, 3.63) is 23.8 Å². The van der Waals surface area contributed by atoms with E-state index in [9.17, 15) is 4.79 Å². The Morgan fingerprint density at radius 2 is 2.13 bits per heavy atom. The van der Waals surface area contributed by atoms with Crippen molar-refractivity contribution in [1.82, 2.24) is 0 Å². The zero-order chi connectivity index (χ0) is 11.4. The first-order valence-electron chi connectivity index (χ1n) is 4.79. The van der Waals surface area contributed by atoms with Gasteiger partial charge >= 0.3 is 5.97 Å². The van der Waals surface area contributed by atoms with Gasteiger partial charge in [0.1, 0.15) is 0 Å². The Kier molecular flexibility index (Phi) is 3.55. The van der Waals surface area contributed by atoms with Gasteiger partial charge in [0.05, 0.1) is 24.0 Å². The van der Waals surface area contributed by atoms with Gasteiger partial charge in [0.2, 0.25) is 0 Å². The molecule has 0 saturated heterocycles. The van der Waals surface area contributed by atoms with Crippen molar-refractivity contribution in [2.45, 2.75) is 19.9 Å². The third kappa shape index (κ3) is 2.62. The molecule has 0 aromatic heterocycles. The number of anilines is 2. The molecular formula is C11H16N2O2. The van der Waals surface area contributed by atoms with Gasteiger partial charge in [0.15, 0.2) is 0 Å². The molecule has 0 atom stereocenters. The first-order valence-corrected chi connectivity index (χ1v) is 4.79. The number of hydrogen-bond donors (Lipinski definition) is 2. The molecule has 0 heterocycles. The average Bonchev–Trinajstić information content (AvgIpc) is 2.19. The Hall–Kier alpha value is -1.71. The number of nitrogens with two attached hydrogens (primary N) is 1. The molecule has 0 bridgehead atoms. The number of nitrogens with one attached hydrogen (secondary N) is 1. The van der Waals surface area contributed by atoms with Crippen LogP contribution >= 0.6 is 0 Å². The Bertz CT molecular complexity index is 362. The summed E-state index contributed by atoms with van der Waals surface area (Å²) < 4.78 is 4.68. The molecule has 4 nitrogen and oxygen atoms in total. The number of esters is 1. The van der Waals surface area contributed by atoms with Crippen molar-refractivity contribution in [1.29, 1.82) is 0 Å². The number of rotatable bonds is 3. The van der Waals surface area contributed by atoms with E-state index < -0.39 is 0 Å². The molecule has 82 valence electrons. The number of ether oxygens (including phenoxy) is 1. The lowest BCUT2D eigenvalue weighted by molar-refractivity contribution is 0.0602. The quantitative estimate of drug-likeness (QED) is 0.588. The summed E-state index contributed by atoms with van der Waals surface area (Å²) in [6.07, 6.45) is 0. The number of carbonyl (C=O) groups is 1. The van der Waals surface area contributed by atoms with Gasteiger partial charge < -0.3 is 15.8 Å². The van der Waals surface area contributed by atoms with Crippen molar-refractivity contribution in [3.8, 4) is 0 Å². The van der Waals surface area contributed by atoms with Crippen LogP contribution in [0.25, 0.3) is 0 Å². The predicted molar refractivity (Wildman–Crippen MR) is 61.0 cm³/mol. The molecule has 0 amide bonds. The van der Waals surface area contributed by atoms with Crippen LogP contribution in [-0.2, 0) is 4.74 Å². The van der Waals surface area contributed by atoms with Crippen LogP contribution in [0.3, 0.4) is 0 Å². The molecule has 0 fully saturated rings. The van der Waals surface area contributed by atoms with Crippen LogP contribution in [0.15, 0.2) is 18.2 Å². The van der Waals surface area contributed by atoms with Crippen LogP contribution in [0.1, 0.15) is 24.2 Å². The van der Waals surface area contributed by atoms with E-state index in [0.717, 1.165) is 0 Å². The topological polar surface area (TPSA) is 64.3 Å². The Balaban J connectivity index is 3.14. The maximum Gasteiger partial charge on any atom is 0.340 e. The number of hydrogen-bond acceptors (Lipinski definition) is 4. The monoisotopic (exact) mass is 208 g/mol. The number of nitrogen functional groups attached to an aromatic ring is 1. The molecule has 0 radical (unpaired) electrons. The van der Waals surface area contributed by atoms with Crippen LogP contribution < -0.4 is 11.1 Å². The van der Waals surface area contributed by atoms with Gasteiger partial charge in [0.25, 0.3) is 0 Å². The summed E-state index contributed by atoms with van der Waals surface area (Å²) in [4.78, 5) is 11.5. The molecule has 15 heavy (non-hydrogen) atoms. The molecule has 1 aromatic rings. The van der Waals surface area contributed by atoms with Gasteiger partial charge in [-0.15, -0.1) is 0 Å². The molecule has 0 saturated carbocycles. The van der Waals surface area contributed by atoms with Crippen LogP contribution in [0, 0.1) is 0 Å². The molecule has 0 aliphatic rings. The van der Waals surface area contributed by atoms with Gasteiger partial charge in [0, 0.05) is 6.04 Å². The van der Waals surface area contributed by atoms with E-state index in [4.69, 9.17) is 5.73 Å². The summed E-state index contributed by atoms with van der Waals surface area (Å²) in [5, 5.41) is 3.13. The highest BCUT2D eigenvalue weighted by Crippen LogP contribution is 2.24. The van der Waals surface area contributed by atoms with Gasteiger partial charge in [-0.3, -0.25) is 0 Å². The summed E-state index contributed by atoms with van der Waals surface area (Å²) in [6, 6.07) is 5.37. The van der Waals surface area contributed by atoms with E-state index in [-0.39, 0.29) is 12.0 Å². The zero-order valence-corrected chi connectivity index (χ0v) is 9.20. The lowest BCUT2D eigenvalue weighted by Crippen LogP contribution is -2.15. The second kappa shape index (κ2) is 4.68. The van der Waals surface area contributed by atoms with E-state index in [1.807, 2.05) is 13.8 Å². The molecule has 3 N–H and O–H groups in total. The Labute approximate surface area is 89.4 Å².